The predicted molar refractivity (Wildman–Crippen MR) is 76.7 cm³/mol. The van der Waals surface area contributed by atoms with Gasteiger partial charge in [0.05, 0.1) is 12.2 Å². The Bertz CT molecular complexity index is 702. The van der Waals surface area contributed by atoms with E-state index in [0.717, 1.165) is 6.07 Å². The molecule has 0 amide bonds. The molecule has 2 aromatic rings. The molecule has 0 radical (unpaired) electrons. The Labute approximate surface area is 126 Å². The Morgan fingerprint density at radius 2 is 1.86 bits per heavy atom. The Kier molecular flexibility index (Phi) is 4.30. The van der Waals surface area contributed by atoms with Gasteiger partial charge >= 0.3 is 12.1 Å². The molecular formula is C16H16F3NO2. The number of ether oxygens (including phenoxy) is 1. The first kappa shape index (κ1) is 16.1. The molecule has 0 bridgehead atoms. The smallest absolute Gasteiger partial charge is 0.417 e. The van der Waals surface area contributed by atoms with Crippen molar-refractivity contribution in [1.29, 1.82) is 0 Å². The monoisotopic (exact) mass is 311 g/mol. The minimum absolute atomic E-state index is 0.0526. The van der Waals surface area contributed by atoms with Crippen LogP contribution in [0.5, 0.6) is 0 Å². The van der Waals surface area contributed by atoms with Crippen molar-refractivity contribution in [3.05, 3.63) is 46.8 Å². The van der Waals surface area contributed by atoms with Gasteiger partial charge in [0.25, 0.3) is 0 Å². The summed E-state index contributed by atoms with van der Waals surface area (Å²) in [4.78, 5) is 14.7. The van der Waals surface area contributed by atoms with Gasteiger partial charge in [0.2, 0.25) is 0 Å². The van der Waals surface area contributed by atoms with Gasteiger partial charge < -0.3 is 9.72 Å². The molecule has 0 atom stereocenters. The van der Waals surface area contributed by atoms with Gasteiger partial charge in [-0.25, -0.2) is 4.79 Å². The normalized spacial score (nSPS) is 11.5. The SMILES string of the molecule is CCOC(=O)c1[nH]c(C)c(-c2ccccc2C(F)(F)F)c1C. The maximum Gasteiger partial charge on any atom is 0.417 e. The first-order chi connectivity index (χ1) is 10.3. The van der Waals surface area contributed by atoms with Crippen LogP contribution in [-0.4, -0.2) is 17.6 Å². The van der Waals surface area contributed by atoms with E-state index in [1.165, 1.54) is 12.1 Å². The molecule has 0 unspecified atom stereocenters. The molecule has 2 rings (SSSR count). The van der Waals surface area contributed by atoms with Gasteiger partial charge in [-0.2, -0.15) is 13.2 Å². The summed E-state index contributed by atoms with van der Waals surface area (Å²) in [6.07, 6.45) is -4.46. The van der Waals surface area contributed by atoms with Gasteiger partial charge in [0.15, 0.2) is 0 Å². The second-order valence-corrected chi connectivity index (χ2v) is 4.89. The minimum Gasteiger partial charge on any atom is -0.461 e. The fourth-order valence-electron chi connectivity index (χ4n) is 2.51. The topological polar surface area (TPSA) is 42.1 Å². The summed E-state index contributed by atoms with van der Waals surface area (Å²) < 4.78 is 44.5. The van der Waals surface area contributed by atoms with Crippen LogP contribution in [0.15, 0.2) is 24.3 Å². The summed E-state index contributed by atoms with van der Waals surface area (Å²) in [6, 6.07) is 5.32. The maximum atomic E-state index is 13.2. The molecule has 0 spiro atoms. The van der Waals surface area contributed by atoms with Crippen LogP contribution >= 0.6 is 0 Å². The van der Waals surface area contributed by atoms with Crippen molar-refractivity contribution in [2.75, 3.05) is 6.61 Å². The number of rotatable bonds is 3. The number of hydrogen-bond donors (Lipinski definition) is 1. The van der Waals surface area contributed by atoms with Gasteiger partial charge in [0.1, 0.15) is 5.69 Å². The summed E-state index contributed by atoms with van der Waals surface area (Å²) in [5, 5.41) is 0. The van der Waals surface area contributed by atoms with Crippen LogP contribution in [0.25, 0.3) is 11.1 Å². The maximum absolute atomic E-state index is 13.2. The Balaban J connectivity index is 2.63. The van der Waals surface area contributed by atoms with Crippen LogP contribution in [0.2, 0.25) is 0 Å². The summed E-state index contributed by atoms with van der Waals surface area (Å²) in [6.45, 7) is 5.12. The van der Waals surface area contributed by atoms with E-state index >= 15 is 0 Å². The van der Waals surface area contributed by atoms with E-state index < -0.39 is 17.7 Å². The molecule has 6 heteroatoms. The number of carbonyl (C=O) groups excluding carboxylic acids is 1. The fraction of sp³-hybridized carbons (Fsp3) is 0.312. The van der Waals surface area contributed by atoms with Gasteiger partial charge in [-0.3, -0.25) is 0 Å². The Morgan fingerprint density at radius 1 is 1.23 bits per heavy atom. The van der Waals surface area contributed by atoms with Crippen LogP contribution < -0.4 is 0 Å². The number of halogens is 3. The van der Waals surface area contributed by atoms with E-state index in [0.29, 0.717) is 16.8 Å². The number of aromatic nitrogens is 1. The van der Waals surface area contributed by atoms with Crippen molar-refractivity contribution >= 4 is 5.97 Å². The van der Waals surface area contributed by atoms with E-state index in [2.05, 4.69) is 4.98 Å². The first-order valence-corrected chi connectivity index (χ1v) is 6.80. The summed E-state index contributed by atoms with van der Waals surface area (Å²) in [5.41, 5.74) is 0.847. The van der Waals surface area contributed by atoms with Crippen LogP contribution in [-0.2, 0) is 10.9 Å². The third-order valence-corrected chi connectivity index (χ3v) is 3.42. The molecule has 1 heterocycles. The third kappa shape index (κ3) is 2.86. The van der Waals surface area contributed by atoms with E-state index in [4.69, 9.17) is 4.74 Å². The van der Waals surface area contributed by atoms with Gasteiger partial charge in [-0.1, -0.05) is 18.2 Å². The number of nitrogens with one attached hydrogen (secondary N) is 1. The number of esters is 1. The molecule has 0 aliphatic heterocycles. The quantitative estimate of drug-likeness (QED) is 0.848. The molecule has 1 aromatic heterocycles. The molecule has 0 aliphatic rings. The molecular weight excluding hydrogens is 295 g/mol. The number of aromatic amines is 1. The number of H-pyrrole nitrogens is 1. The summed E-state index contributed by atoms with van der Waals surface area (Å²) in [7, 11) is 0. The highest BCUT2D eigenvalue weighted by Crippen LogP contribution is 2.40. The first-order valence-electron chi connectivity index (χ1n) is 6.80. The highest BCUT2D eigenvalue weighted by atomic mass is 19.4. The molecule has 118 valence electrons. The molecule has 0 saturated heterocycles. The molecule has 1 aromatic carbocycles. The Morgan fingerprint density at radius 3 is 2.45 bits per heavy atom. The van der Waals surface area contributed by atoms with E-state index in [1.54, 1.807) is 26.8 Å². The lowest BCUT2D eigenvalue weighted by Gasteiger charge is -2.13. The minimum atomic E-state index is -4.46. The fourth-order valence-corrected chi connectivity index (χ4v) is 2.51. The van der Waals surface area contributed by atoms with Crippen molar-refractivity contribution in [2.24, 2.45) is 0 Å². The average Bonchev–Trinajstić information content (AvgIpc) is 2.73. The van der Waals surface area contributed by atoms with Gasteiger partial charge in [0, 0.05) is 11.3 Å². The summed E-state index contributed by atoms with van der Waals surface area (Å²) in [5.74, 6) is -0.571. The summed E-state index contributed by atoms with van der Waals surface area (Å²) >= 11 is 0. The number of hydrogen-bond acceptors (Lipinski definition) is 2. The van der Waals surface area contributed by atoms with Crippen molar-refractivity contribution in [3.8, 4) is 11.1 Å². The van der Waals surface area contributed by atoms with Crippen LogP contribution in [0.1, 0.15) is 34.2 Å². The van der Waals surface area contributed by atoms with E-state index in [9.17, 15) is 18.0 Å². The highest BCUT2D eigenvalue weighted by molar-refractivity contribution is 5.93. The second-order valence-electron chi connectivity index (χ2n) is 4.89. The van der Waals surface area contributed by atoms with Gasteiger partial charge in [-0.15, -0.1) is 0 Å². The third-order valence-electron chi connectivity index (χ3n) is 3.42. The Hall–Kier alpha value is -2.24. The second kappa shape index (κ2) is 5.87. The van der Waals surface area contributed by atoms with Crippen molar-refractivity contribution in [1.82, 2.24) is 4.98 Å². The van der Waals surface area contributed by atoms with Gasteiger partial charge in [-0.05, 0) is 38.0 Å². The van der Waals surface area contributed by atoms with Crippen LogP contribution in [0.3, 0.4) is 0 Å². The number of carbonyl (C=O) groups is 1. The lowest BCUT2D eigenvalue weighted by atomic mass is 9.96. The molecule has 0 aliphatic carbocycles. The van der Waals surface area contributed by atoms with Crippen LogP contribution in [0.4, 0.5) is 13.2 Å². The molecule has 22 heavy (non-hydrogen) atoms. The predicted octanol–water partition coefficient (Wildman–Crippen LogP) is 4.49. The standard InChI is InChI=1S/C16H16F3NO2/c1-4-22-15(21)14-9(2)13(10(3)20-14)11-7-5-6-8-12(11)16(17,18)19/h5-8,20H,4H2,1-3H3. The molecule has 3 nitrogen and oxygen atoms in total. The zero-order chi connectivity index (χ0) is 16.5. The number of alkyl halides is 3. The van der Waals surface area contributed by atoms with Crippen LogP contribution in [0, 0.1) is 13.8 Å². The number of benzene rings is 1. The lowest BCUT2D eigenvalue weighted by molar-refractivity contribution is -0.137. The highest BCUT2D eigenvalue weighted by Gasteiger charge is 2.34. The average molecular weight is 311 g/mol. The number of aryl methyl sites for hydroxylation is 1. The lowest BCUT2D eigenvalue weighted by Crippen LogP contribution is -2.08. The van der Waals surface area contributed by atoms with E-state index in [1.807, 2.05) is 0 Å². The largest absolute Gasteiger partial charge is 0.461 e. The van der Waals surface area contributed by atoms with Crippen molar-refractivity contribution in [3.63, 3.8) is 0 Å². The molecule has 0 fully saturated rings. The van der Waals surface area contributed by atoms with Crippen molar-refractivity contribution in [2.45, 2.75) is 26.9 Å². The zero-order valence-electron chi connectivity index (χ0n) is 12.5. The molecule has 1 N–H and O–H groups in total. The zero-order valence-corrected chi connectivity index (χ0v) is 12.5. The van der Waals surface area contributed by atoms with Crippen molar-refractivity contribution < 1.29 is 22.7 Å². The molecule has 0 saturated carbocycles. The van der Waals surface area contributed by atoms with E-state index in [-0.39, 0.29) is 17.9 Å².